The van der Waals surface area contributed by atoms with Crippen molar-refractivity contribution in [3.05, 3.63) is 37.1 Å². The Balaban J connectivity index is 2.13. The van der Waals surface area contributed by atoms with Crippen molar-refractivity contribution >= 4 is 22.8 Å². The molecular formula is C11H10N6. The maximum Gasteiger partial charge on any atom is 0.165 e. The van der Waals surface area contributed by atoms with Crippen molar-refractivity contribution in [2.45, 2.75) is 0 Å². The Kier molecular flexibility index (Phi) is 2.18. The zero-order valence-corrected chi connectivity index (χ0v) is 9.20. The largest absolute Gasteiger partial charge is 0.329 e. The van der Waals surface area contributed by atoms with E-state index in [1.54, 1.807) is 12.5 Å². The molecule has 0 aromatic carbocycles. The van der Waals surface area contributed by atoms with Crippen LogP contribution in [0.3, 0.4) is 0 Å². The quantitative estimate of drug-likeness (QED) is 0.717. The summed E-state index contributed by atoms with van der Waals surface area (Å²) in [6.45, 7) is 0. The van der Waals surface area contributed by atoms with E-state index in [4.69, 9.17) is 0 Å². The van der Waals surface area contributed by atoms with Crippen molar-refractivity contribution in [2.24, 2.45) is 0 Å². The molecule has 0 bridgehead atoms. The molecular weight excluding hydrogens is 216 g/mol. The number of nitrogens with zero attached hydrogens (tertiary/aromatic N) is 5. The average Bonchev–Trinajstić information content (AvgIpc) is 2.87. The monoisotopic (exact) mass is 226 g/mol. The van der Waals surface area contributed by atoms with Gasteiger partial charge in [-0.1, -0.05) is 6.07 Å². The summed E-state index contributed by atoms with van der Waals surface area (Å²) in [6, 6.07) is 5.73. The maximum absolute atomic E-state index is 4.27. The number of imidazole rings is 1. The fraction of sp³-hybridized carbons (Fsp3) is 0.0909. The molecule has 0 radical (unpaired) electrons. The lowest BCUT2D eigenvalue weighted by Gasteiger charge is -2.16. The summed E-state index contributed by atoms with van der Waals surface area (Å²) in [4.78, 5) is 21.7. The Labute approximate surface area is 97.4 Å². The predicted octanol–water partition coefficient (Wildman–Crippen LogP) is 1.52. The first-order valence-corrected chi connectivity index (χ1v) is 5.15. The molecule has 0 saturated heterocycles. The number of rotatable bonds is 2. The second kappa shape index (κ2) is 3.82. The van der Waals surface area contributed by atoms with Crippen LogP contribution >= 0.6 is 0 Å². The first-order chi connectivity index (χ1) is 8.36. The van der Waals surface area contributed by atoms with Gasteiger partial charge in [-0.05, 0) is 12.1 Å². The lowest BCUT2D eigenvalue weighted by molar-refractivity contribution is 1.06. The summed E-state index contributed by atoms with van der Waals surface area (Å²) < 4.78 is 0. The molecule has 0 amide bonds. The van der Waals surface area contributed by atoms with Crippen LogP contribution in [0.4, 0.5) is 11.6 Å². The summed E-state index contributed by atoms with van der Waals surface area (Å²) >= 11 is 0. The van der Waals surface area contributed by atoms with Gasteiger partial charge in [0.2, 0.25) is 0 Å². The molecule has 0 fully saturated rings. The first kappa shape index (κ1) is 9.71. The van der Waals surface area contributed by atoms with E-state index in [1.807, 2.05) is 30.1 Å². The molecule has 0 aliphatic rings. The molecule has 3 rings (SSSR count). The molecule has 17 heavy (non-hydrogen) atoms. The molecule has 0 atom stereocenters. The second-order valence-corrected chi connectivity index (χ2v) is 3.54. The molecule has 6 heteroatoms. The first-order valence-electron chi connectivity index (χ1n) is 5.15. The molecule has 1 N–H and O–H groups in total. The van der Waals surface area contributed by atoms with E-state index in [2.05, 4.69) is 24.9 Å². The summed E-state index contributed by atoms with van der Waals surface area (Å²) in [5.74, 6) is 1.55. The van der Waals surface area contributed by atoms with Gasteiger partial charge in [-0.3, -0.25) is 0 Å². The fourth-order valence-electron chi connectivity index (χ4n) is 1.66. The SMILES string of the molecule is CN(c1ccccn1)c1ncnc2[nH]cnc12. The Hall–Kier alpha value is -2.50. The van der Waals surface area contributed by atoms with E-state index in [0.29, 0.717) is 0 Å². The van der Waals surface area contributed by atoms with Crippen molar-refractivity contribution in [2.75, 3.05) is 11.9 Å². The number of hydrogen-bond donors (Lipinski definition) is 1. The van der Waals surface area contributed by atoms with Crippen LogP contribution in [-0.2, 0) is 0 Å². The number of H-pyrrole nitrogens is 1. The highest BCUT2D eigenvalue weighted by molar-refractivity contribution is 5.84. The molecule has 6 nitrogen and oxygen atoms in total. The van der Waals surface area contributed by atoms with Crippen molar-refractivity contribution in [3.8, 4) is 0 Å². The van der Waals surface area contributed by atoms with E-state index in [9.17, 15) is 0 Å². The van der Waals surface area contributed by atoms with Crippen LogP contribution in [0.25, 0.3) is 11.2 Å². The predicted molar refractivity (Wildman–Crippen MR) is 64.0 cm³/mol. The number of aromatic amines is 1. The molecule has 0 spiro atoms. The van der Waals surface area contributed by atoms with Gasteiger partial charge in [-0.15, -0.1) is 0 Å². The third kappa shape index (κ3) is 1.59. The standard InChI is InChI=1S/C11H10N6/c1-17(8-4-2-3-5-12-8)11-9-10(14-6-13-9)15-7-16-11/h2-7H,1H3,(H,13,14,15,16). The Morgan fingerprint density at radius 2 is 2.06 bits per heavy atom. The molecule has 3 aromatic rings. The van der Waals surface area contributed by atoms with Crippen molar-refractivity contribution in [1.82, 2.24) is 24.9 Å². The zero-order valence-electron chi connectivity index (χ0n) is 9.20. The number of nitrogens with one attached hydrogen (secondary N) is 1. The highest BCUT2D eigenvalue weighted by Gasteiger charge is 2.12. The van der Waals surface area contributed by atoms with Crippen LogP contribution in [-0.4, -0.2) is 32.0 Å². The van der Waals surface area contributed by atoms with Gasteiger partial charge in [-0.25, -0.2) is 19.9 Å². The lowest BCUT2D eigenvalue weighted by Crippen LogP contribution is -2.13. The van der Waals surface area contributed by atoms with Crippen molar-refractivity contribution in [1.29, 1.82) is 0 Å². The van der Waals surface area contributed by atoms with E-state index in [1.165, 1.54) is 6.33 Å². The second-order valence-electron chi connectivity index (χ2n) is 3.54. The number of aromatic nitrogens is 5. The highest BCUT2D eigenvalue weighted by atomic mass is 15.2. The van der Waals surface area contributed by atoms with E-state index in [0.717, 1.165) is 22.8 Å². The molecule has 0 aliphatic heterocycles. The van der Waals surface area contributed by atoms with Gasteiger partial charge in [0.15, 0.2) is 17.0 Å². The third-order valence-corrected chi connectivity index (χ3v) is 2.51. The van der Waals surface area contributed by atoms with Gasteiger partial charge in [0, 0.05) is 13.2 Å². The van der Waals surface area contributed by atoms with Gasteiger partial charge in [0.05, 0.1) is 6.33 Å². The molecule has 84 valence electrons. The van der Waals surface area contributed by atoms with Gasteiger partial charge in [0.25, 0.3) is 0 Å². The van der Waals surface area contributed by atoms with Crippen LogP contribution in [0.15, 0.2) is 37.1 Å². The van der Waals surface area contributed by atoms with E-state index in [-0.39, 0.29) is 0 Å². The third-order valence-electron chi connectivity index (χ3n) is 2.51. The number of hydrogen-bond acceptors (Lipinski definition) is 5. The number of fused-ring (bicyclic) bond motifs is 1. The van der Waals surface area contributed by atoms with Gasteiger partial charge < -0.3 is 9.88 Å². The minimum atomic E-state index is 0.720. The highest BCUT2D eigenvalue weighted by Crippen LogP contribution is 2.23. The van der Waals surface area contributed by atoms with Crippen LogP contribution in [0.1, 0.15) is 0 Å². The summed E-state index contributed by atoms with van der Waals surface area (Å²) in [6.07, 6.45) is 4.86. The maximum atomic E-state index is 4.27. The minimum absolute atomic E-state index is 0.720. The van der Waals surface area contributed by atoms with Gasteiger partial charge >= 0.3 is 0 Å². The van der Waals surface area contributed by atoms with Crippen molar-refractivity contribution in [3.63, 3.8) is 0 Å². The molecule has 0 saturated carbocycles. The van der Waals surface area contributed by atoms with E-state index >= 15 is 0 Å². The Bertz CT molecular complexity index is 633. The summed E-state index contributed by atoms with van der Waals surface area (Å²) in [5.41, 5.74) is 1.46. The minimum Gasteiger partial charge on any atom is -0.329 e. The normalized spacial score (nSPS) is 10.6. The van der Waals surface area contributed by atoms with Gasteiger partial charge in [-0.2, -0.15) is 0 Å². The average molecular weight is 226 g/mol. The zero-order chi connectivity index (χ0) is 11.7. The molecule has 0 unspecified atom stereocenters. The van der Waals surface area contributed by atoms with Crippen LogP contribution in [0.2, 0.25) is 0 Å². The van der Waals surface area contributed by atoms with E-state index < -0.39 is 0 Å². The van der Waals surface area contributed by atoms with Crippen molar-refractivity contribution < 1.29 is 0 Å². The van der Waals surface area contributed by atoms with Crippen LogP contribution in [0.5, 0.6) is 0 Å². The summed E-state index contributed by atoms with van der Waals surface area (Å²) in [5, 5.41) is 0. The Morgan fingerprint density at radius 1 is 1.12 bits per heavy atom. The molecule has 3 heterocycles. The Morgan fingerprint density at radius 3 is 2.88 bits per heavy atom. The van der Waals surface area contributed by atoms with Gasteiger partial charge in [0.1, 0.15) is 12.1 Å². The molecule has 0 aliphatic carbocycles. The van der Waals surface area contributed by atoms with Crippen LogP contribution in [0, 0.1) is 0 Å². The topological polar surface area (TPSA) is 70.6 Å². The number of pyridine rings is 1. The fourth-order valence-corrected chi connectivity index (χ4v) is 1.66. The number of anilines is 2. The smallest absolute Gasteiger partial charge is 0.165 e. The summed E-state index contributed by atoms with van der Waals surface area (Å²) in [7, 11) is 1.90. The van der Waals surface area contributed by atoms with Crippen LogP contribution < -0.4 is 4.90 Å². The lowest BCUT2D eigenvalue weighted by atomic mass is 10.4. The molecule has 3 aromatic heterocycles.